The molecule has 3 heterocycles. The molecule has 3 unspecified atom stereocenters. The van der Waals surface area contributed by atoms with Gasteiger partial charge in [0.2, 0.25) is 0 Å². The van der Waals surface area contributed by atoms with Crippen LogP contribution < -0.4 is 9.47 Å². The third kappa shape index (κ3) is 5.65. The Labute approximate surface area is 271 Å². The van der Waals surface area contributed by atoms with Crippen LogP contribution in [0.15, 0.2) is 52.7 Å². The molecular weight excluding hydrogens is 584 g/mol. The Morgan fingerprint density at radius 2 is 1.72 bits per heavy atom. The molecule has 8 nitrogen and oxygen atoms in total. The molecule has 1 saturated heterocycles. The third-order valence-electron chi connectivity index (χ3n) is 9.84. The normalized spacial score (nSPS) is 28.8. The summed E-state index contributed by atoms with van der Waals surface area (Å²) in [7, 11) is 0. The van der Waals surface area contributed by atoms with Gasteiger partial charge in [0, 0.05) is 28.5 Å². The van der Waals surface area contributed by atoms with Crippen molar-refractivity contribution >= 4 is 24.1 Å². The maximum Gasteiger partial charge on any atom is 0.330 e. The van der Waals surface area contributed by atoms with E-state index in [-0.39, 0.29) is 34.6 Å². The molecule has 3 aliphatic heterocycles. The van der Waals surface area contributed by atoms with Crippen molar-refractivity contribution in [2.24, 2.45) is 11.8 Å². The molecule has 0 saturated carbocycles. The van der Waals surface area contributed by atoms with Crippen molar-refractivity contribution in [2.75, 3.05) is 0 Å². The highest BCUT2D eigenvalue weighted by molar-refractivity contribution is 6.16. The number of carboxylic acids is 1. The van der Waals surface area contributed by atoms with Gasteiger partial charge in [0.15, 0.2) is 11.4 Å². The van der Waals surface area contributed by atoms with Gasteiger partial charge in [-0.3, -0.25) is 4.79 Å². The van der Waals surface area contributed by atoms with Crippen LogP contribution in [0.2, 0.25) is 0 Å². The van der Waals surface area contributed by atoms with Crippen molar-refractivity contribution in [1.29, 1.82) is 0 Å². The minimum absolute atomic E-state index is 0.0418. The van der Waals surface area contributed by atoms with Gasteiger partial charge in [0.05, 0.1) is 11.2 Å². The highest BCUT2D eigenvalue weighted by Gasteiger charge is 2.68. The van der Waals surface area contributed by atoms with E-state index in [2.05, 4.69) is 19.9 Å². The van der Waals surface area contributed by atoms with Gasteiger partial charge < -0.3 is 29.2 Å². The lowest BCUT2D eigenvalue weighted by Gasteiger charge is -2.48. The van der Waals surface area contributed by atoms with Crippen LogP contribution in [0, 0.1) is 11.8 Å². The first-order valence-corrected chi connectivity index (χ1v) is 16.1. The Morgan fingerprint density at radius 3 is 2.35 bits per heavy atom. The molecule has 5 rings (SSSR count). The molecule has 0 bridgehead atoms. The van der Waals surface area contributed by atoms with E-state index in [1.165, 1.54) is 12.5 Å². The molecule has 5 atom stereocenters. The van der Waals surface area contributed by atoms with Gasteiger partial charge in [0.1, 0.15) is 40.8 Å². The summed E-state index contributed by atoms with van der Waals surface area (Å²) in [6.07, 6.45) is 13.8. The van der Waals surface area contributed by atoms with Crippen LogP contribution in [0.4, 0.5) is 0 Å². The zero-order valence-corrected chi connectivity index (χ0v) is 28.2. The number of Topliss-reactive ketones (excluding diaryl/α,β-unsaturated/α-hetero) is 1. The monoisotopic (exact) mass is 630 g/mol. The summed E-state index contributed by atoms with van der Waals surface area (Å²) in [5.74, 6) is -1.94. The molecule has 0 amide bonds. The molecule has 0 aromatic heterocycles. The van der Waals surface area contributed by atoms with Crippen molar-refractivity contribution in [3.8, 4) is 17.2 Å². The van der Waals surface area contributed by atoms with Crippen molar-refractivity contribution in [2.45, 2.75) is 110 Å². The molecule has 1 aromatic rings. The lowest BCUT2D eigenvalue weighted by Crippen LogP contribution is -2.58. The number of aliphatic carboxylic acids is 1. The maximum absolute atomic E-state index is 14.7. The number of hydrogen-bond acceptors (Lipinski definition) is 7. The second-order valence-electron chi connectivity index (χ2n) is 14.4. The molecule has 1 aliphatic carbocycles. The number of allylic oxidation sites excluding steroid dienone is 5. The fraction of sp³-hybridized carbons (Fsp3) is 0.500. The SMILES string of the molecule is CC(C)=CCC[C@]1(C)C=Cc2c(O)c3c(c(CC=C(C)C)c2O1)O[C@]12C(=CC(C=O)CC1C(C)(C)OC2C/C=C(/C)C(=O)O)C3=O. The van der Waals surface area contributed by atoms with Crippen LogP contribution >= 0.6 is 0 Å². The van der Waals surface area contributed by atoms with Crippen LogP contribution in [-0.4, -0.2) is 51.2 Å². The maximum atomic E-state index is 14.7. The van der Waals surface area contributed by atoms with E-state index < -0.39 is 46.5 Å². The topological polar surface area (TPSA) is 119 Å². The number of aldehydes is 1. The molecule has 46 heavy (non-hydrogen) atoms. The van der Waals surface area contributed by atoms with E-state index in [1.807, 2.05) is 52.8 Å². The summed E-state index contributed by atoms with van der Waals surface area (Å²) < 4.78 is 20.5. The zero-order chi connectivity index (χ0) is 33.8. The van der Waals surface area contributed by atoms with Gasteiger partial charge in [-0.05, 0) is 99.6 Å². The van der Waals surface area contributed by atoms with E-state index in [0.29, 0.717) is 36.1 Å². The first-order chi connectivity index (χ1) is 21.5. The van der Waals surface area contributed by atoms with Crippen LogP contribution in [0.1, 0.15) is 103 Å². The number of hydrogen-bond donors (Lipinski definition) is 2. The Kier molecular flexibility index (Phi) is 8.75. The van der Waals surface area contributed by atoms with Gasteiger partial charge in [-0.2, -0.15) is 0 Å². The predicted molar refractivity (Wildman–Crippen MR) is 176 cm³/mol. The molecule has 0 radical (unpaired) electrons. The zero-order valence-electron chi connectivity index (χ0n) is 28.2. The summed E-state index contributed by atoms with van der Waals surface area (Å²) >= 11 is 0. The Bertz CT molecular complexity index is 1630. The largest absolute Gasteiger partial charge is 0.506 e. The second-order valence-corrected chi connectivity index (χ2v) is 14.4. The van der Waals surface area contributed by atoms with E-state index in [0.717, 1.165) is 18.3 Å². The van der Waals surface area contributed by atoms with Gasteiger partial charge in [-0.1, -0.05) is 35.5 Å². The minimum Gasteiger partial charge on any atom is -0.506 e. The Morgan fingerprint density at radius 1 is 1.02 bits per heavy atom. The highest BCUT2D eigenvalue weighted by atomic mass is 16.6. The quantitative estimate of drug-likeness (QED) is 0.164. The van der Waals surface area contributed by atoms with Gasteiger partial charge in [-0.25, -0.2) is 4.79 Å². The minimum atomic E-state index is -1.32. The van der Waals surface area contributed by atoms with E-state index in [4.69, 9.17) is 14.2 Å². The van der Waals surface area contributed by atoms with Gasteiger partial charge in [0.25, 0.3) is 0 Å². The molecule has 8 heteroatoms. The number of carbonyl (C=O) groups excluding carboxylic acids is 2. The molecule has 1 aromatic carbocycles. The lowest BCUT2D eigenvalue weighted by molar-refractivity contribution is -0.132. The number of phenolic OH excluding ortho intramolecular Hbond substituents is 1. The number of aromatic hydroxyl groups is 1. The Hall–Kier alpha value is -3.91. The van der Waals surface area contributed by atoms with E-state index >= 15 is 0 Å². The number of ether oxygens (including phenoxy) is 3. The van der Waals surface area contributed by atoms with Gasteiger partial charge in [-0.15, -0.1) is 0 Å². The standard InChI is InChI=1S/C38H46O8/c1-21(2)10-9-16-37(8)17-15-25-31(40)30-32(41)27-18-24(20-39)19-28-36(6,7)44-29(14-12-23(5)35(42)43)38(27,28)46-34(30)26(33(25)45-37)13-11-22(3)4/h10-12,15,17-18,20,24,28-29,40H,9,13-14,16,19H2,1-8H3,(H,42,43)/b23-12-/t24?,28?,29?,37-,38-/m1/s1. The predicted octanol–water partition coefficient (Wildman–Crippen LogP) is 7.49. The molecular formula is C38H46O8. The van der Waals surface area contributed by atoms with E-state index in [9.17, 15) is 24.6 Å². The lowest BCUT2D eigenvalue weighted by atomic mass is 9.62. The van der Waals surface area contributed by atoms with E-state index in [1.54, 1.807) is 12.2 Å². The summed E-state index contributed by atoms with van der Waals surface area (Å²) in [5.41, 5.74) is 1.03. The molecule has 2 N–H and O–H groups in total. The number of rotatable bonds is 9. The Balaban J connectivity index is 1.75. The highest BCUT2D eigenvalue weighted by Crippen LogP contribution is 2.61. The fourth-order valence-corrected chi connectivity index (χ4v) is 7.38. The first kappa shape index (κ1) is 33.5. The van der Waals surface area contributed by atoms with Crippen LogP contribution in [-0.2, 0) is 20.7 Å². The summed E-state index contributed by atoms with van der Waals surface area (Å²) in [6.45, 7) is 15.5. The van der Waals surface area contributed by atoms with Crippen LogP contribution in [0.5, 0.6) is 17.2 Å². The van der Waals surface area contributed by atoms with Crippen LogP contribution in [0.3, 0.4) is 0 Å². The first-order valence-electron chi connectivity index (χ1n) is 16.1. The average molecular weight is 631 g/mol. The summed E-state index contributed by atoms with van der Waals surface area (Å²) in [5, 5.41) is 21.3. The van der Waals surface area contributed by atoms with Gasteiger partial charge >= 0.3 is 5.97 Å². The van der Waals surface area contributed by atoms with Crippen molar-refractivity contribution in [3.63, 3.8) is 0 Å². The van der Waals surface area contributed by atoms with Crippen molar-refractivity contribution in [1.82, 2.24) is 0 Å². The number of benzene rings is 1. The molecule has 246 valence electrons. The summed E-state index contributed by atoms with van der Waals surface area (Å²) in [4.78, 5) is 38.6. The van der Waals surface area contributed by atoms with Crippen molar-refractivity contribution in [3.05, 3.63) is 69.4 Å². The average Bonchev–Trinajstić information content (AvgIpc) is 3.19. The number of carbonyl (C=O) groups is 3. The second kappa shape index (κ2) is 12.0. The fourth-order valence-electron chi connectivity index (χ4n) is 7.38. The van der Waals surface area contributed by atoms with Crippen LogP contribution in [0.25, 0.3) is 6.08 Å². The number of ketones is 1. The third-order valence-corrected chi connectivity index (χ3v) is 9.84. The molecule has 1 fully saturated rings. The van der Waals surface area contributed by atoms with Crippen molar-refractivity contribution < 1.29 is 38.8 Å². The number of fused-ring (bicyclic) bond motifs is 2. The summed E-state index contributed by atoms with van der Waals surface area (Å²) in [6, 6.07) is 0. The molecule has 4 aliphatic rings. The number of phenols is 1. The molecule has 1 spiro atoms. The smallest absolute Gasteiger partial charge is 0.330 e. The number of carboxylic acid groups (broad SMARTS) is 1.